The molecule has 0 aliphatic heterocycles. The Balaban J connectivity index is 2.41. The third-order valence-electron chi connectivity index (χ3n) is 2.77. The van der Waals surface area contributed by atoms with E-state index in [-0.39, 0.29) is 11.7 Å². The number of hydrogen-bond acceptors (Lipinski definition) is 1. The van der Waals surface area contributed by atoms with Crippen LogP contribution in [0.4, 0.5) is 0 Å². The number of halogens is 1. The molecular weight excluding hydrogens is 278 g/mol. The Labute approximate surface area is 109 Å². The standard InChI is InChI=1S/C14H14BrNO/c1-10(17)9-12(14-7-4-8-16-14)11-5-2-3-6-13(11)15/h2-8,12,16H,9H2,1H3/t12-/m0/s1. The third kappa shape index (κ3) is 2.86. The van der Waals surface area contributed by atoms with Crippen molar-refractivity contribution in [1.29, 1.82) is 0 Å². The number of carbonyl (C=O) groups is 1. The predicted molar refractivity (Wildman–Crippen MR) is 72.1 cm³/mol. The highest BCUT2D eigenvalue weighted by Gasteiger charge is 2.18. The van der Waals surface area contributed by atoms with Crippen LogP contribution in [-0.4, -0.2) is 10.8 Å². The Hall–Kier alpha value is -1.35. The molecule has 0 aliphatic carbocycles. The number of nitrogens with one attached hydrogen (secondary N) is 1. The summed E-state index contributed by atoms with van der Waals surface area (Å²) < 4.78 is 1.04. The van der Waals surface area contributed by atoms with Gasteiger partial charge in [-0.05, 0) is 30.7 Å². The summed E-state index contributed by atoms with van der Waals surface area (Å²) in [6.07, 6.45) is 2.41. The van der Waals surface area contributed by atoms with Crippen molar-refractivity contribution >= 4 is 21.7 Å². The summed E-state index contributed by atoms with van der Waals surface area (Å²) >= 11 is 3.55. The van der Waals surface area contributed by atoms with Crippen LogP contribution in [0.15, 0.2) is 47.1 Å². The van der Waals surface area contributed by atoms with E-state index in [1.54, 1.807) is 6.92 Å². The first-order valence-corrected chi connectivity index (χ1v) is 6.35. The molecule has 0 fully saturated rings. The first-order valence-electron chi connectivity index (χ1n) is 5.55. The lowest BCUT2D eigenvalue weighted by Crippen LogP contribution is -2.07. The minimum atomic E-state index is 0.0954. The Bertz CT molecular complexity index is 505. The minimum absolute atomic E-state index is 0.0954. The zero-order valence-corrected chi connectivity index (χ0v) is 11.2. The highest BCUT2D eigenvalue weighted by Crippen LogP contribution is 2.32. The van der Waals surface area contributed by atoms with E-state index in [0.717, 1.165) is 15.7 Å². The normalized spacial score (nSPS) is 12.4. The predicted octanol–water partition coefficient (Wildman–Crippen LogP) is 3.89. The molecule has 0 saturated heterocycles. The van der Waals surface area contributed by atoms with E-state index < -0.39 is 0 Å². The van der Waals surface area contributed by atoms with Crippen molar-refractivity contribution in [3.8, 4) is 0 Å². The van der Waals surface area contributed by atoms with Crippen LogP contribution >= 0.6 is 15.9 Å². The molecule has 2 rings (SSSR count). The topological polar surface area (TPSA) is 32.9 Å². The van der Waals surface area contributed by atoms with Crippen molar-refractivity contribution in [1.82, 2.24) is 4.98 Å². The molecule has 88 valence electrons. The summed E-state index contributed by atoms with van der Waals surface area (Å²) in [5, 5.41) is 0. The fourth-order valence-corrected chi connectivity index (χ4v) is 2.55. The van der Waals surface area contributed by atoms with E-state index >= 15 is 0 Å². The van der Waals surface area contributed by atoms with Gasteiger partial charge in [0.2, 0.25) is 0 Å². The highest BCUT2D eigenvalue weighted by molar-refractivity contribution is 9.10. The third-order valence-corrected chi connectivity index (χ3v) is 3.49. The van der Waals surface area contributed by atoms with Gasteiger partial charge in [0.1, 0.15) is 5.78 Å². The molecule has 1 aromatic carbocycles. The van der Waals surface area contributed by atoms with E-state index in [1.807, 2.05) is 36.5 Å². The van der Waals surface area contributed by atoms with Gasteiger partial charge in [0.25, 0.3) is 0 Å². The van der Waals surface area contributed by atoms with E-state index in [0.29, 0.717) is 6.42 Å². The molecule has 2 aromatic rings. The fraction of sp³-hybridized carbons (Fsp3) is 0.214. The quantitative estimate of drug-likeness (QED) is 0.911. The molecule has 0 bridgehead atoms. The van der Waals surface area contributed by atoms with Crippen molar-refractivity contribution in [3.63, 3.8) is 0 Å². The molecule has 0 radical (unpaired) electrons. The largest absolute Gasteiger partial charge is 0.364 e. The fourth-order valence-electron chi connectivity index (χ4n) is 1.99. The van der Waals surface area contributed by atoms with Crippen LogP contribution in [-0.2, 0) is 4.79 Å². The molecule has 2 nitrogen and oxygen atoms in total. The monoisotopic (exact) mass is 291 g/mol. The minimum Gasteiger partial charge on any atom is -0.364 e. The molecule has 1 N–H and O–H groups in total. The summed E-state index contributed by atoms with van der Waals surface area (Å²) in [6.45, 7) is 1.63. The summed E-state index contributed by atoms with van der Waals surface area (Å²) in [6, 6.07) is 12.0. The van der Waals surface area contributed by atoms with Crippen LogP contribution in [0.3, 0.4) is 0 Å². The number of ketones is 1. The molecule has 0 unspecified atom stereocenters. The van der Waals surface area contributed by atoms with Gasteiger partial charge in [-0.1, -0.05) is 34.1 Å². The van der Waals surface area contributed by atoms with Gasteiger partial charge in [-0.3, -0.25) is 4.79 Å². The summed E-state index contributed by atoms with van der Waals surface area (Å²) in [5.74, 6) is 0.290. The van der Waals surface area contributed by atoms with Gasteiger partial charge in [-0.2, -0.15) is 0 Å². The smallest absolute Gasteiger partial charge is 0.130 e. The molecule has 1 aromatic heterocycles. The van der Waals surface area contributed by atoms with Crippen molar-refractivity contribution in [2.75, 3.05) is 0 Å². The highest BCUT2D eigenvalue weighted by atomic mass is 79.9. The molecule has 3 heteroatoms. The molecular formula is C14H14BrNO. The second-order valence-corrected chi connectivity index (χ2v) is 4.96. The van der Waals surface area contributed by atoms with E-state index in [2.05, 4.69) is 27.0 Å². The SMILES string of the molecule is CC(=O)C[C@H](c1ccc[nH]1)c1ccccc1Br. The Morgan fingerprint density at radius 1 is 1.29 bits per heavy atom. The lowest BCUT2D eigenvalue weighted by atomic mass is 9.91. The van der Waals surface area contributed by atoms with E-state index in [4.69, 9.17) is 0 Å². The van der Waals surface area contributed by atoms with Crippen molar-refractivity contribution < 1.29 is 4.79 Å². The average Bonchev–Trinajstić information content (AvgIpc) is 2.80. The van der Waals surface area contributed by atoms with Gasteiger partial charge in [-0.15, -0.1) is 0 Å². The zero-order chi connectivity index (χ0) is 12.3. The Morgan fingerprint density at radius 2 is 2.06 bits per heavy atom. The second kappa shape index (κ2) is 5.32. The maximum Gasteiger partial charge on any atom is 0.130 e. The maximum absolute atomic E-state index is 11.4. The lowest BCUT2D eigenvalue weighted by molar-refractivity contribution is -0.117. The van der Waals surface area contributed by atoms with Crippen LogP contribution in [0.5, 0.6) is 0 Å². The van der Waals surface area contributed by atoms with Crippen LogP contribution in [0.25, 0.3) is 0 Å². The zero-order valence-electron chi connectivity index (χ0n) is 9.61. The van der Waals surface area contributed by atoms with Gasteiger partial charge >= 0.3 is 0 Å². The number of rotatable bonds is 4. The number of aromatic amines is 1. The Kier molecular flexibility index (Phi) is 3.79. The molecule has 0 aliphatic rings. The van der Waals surface area contributed by atoms with Crippen molar-refractivity contribution in [2.45, 2.75) is 19.3 Å². The maximum atomic E-state index is 11.4. The van der Waals surface area contributed by atoms with Gasteiger partial charge in [0, 0.05) is 28.7 Å². The number of aromatic nitrogens is 1. The number of hydrogen-bond donors (Lipinski definition) is 1. The number of carbonyl (C=O) groups excluding carboxylic acids is 1. The number of H-pyrrole nitrogens is 1. The summed E-state index contributed by atoms with van der Waals surface area (Å²) in [4.78, 5) is 14.6. The number of Topliss-reactive ketones (excluding diaryl/α,β-unsaturated/α-hetero) is 1. The van der Waals surface area contributed by atoms with Crippen molar-refractivity contribution in [3.05, 3.63) is 58.3 Å². The Morgan fingerprint density at radius 3 is 2.65 bits per heavy atom. The van der Waals surface area contributed by atoms with Gasteiger partial charge in [-0.25, -0.2) is 0 Å². The van der Waals surface area contributed by atoms with E-state index in [9.17, 15) is 4.79 Å². The van der Waals surface area contributed by atoms with Gasteiger partial charge < -0.3 is 4.98 Å². The molecule has 17 heavy (non-hydrogen) atoms. The van der Waals surface area contributed by atoms with Gasteiger partial charge in [0.15, 0.2) is 0 Å². The van der Waals surface area contributed by atoms with Crippen molar-refractivity contribution in [2.24, 2.45) is 0 Å². The van der Waals surface area contributed by atoms with E-state index in [1.165, 1.54) is 0 Å². The average molecular weight is 292 g/mol. The first-order chi connectivity index (χ1) is 8.18. The van der Waals surface area contributed by atoms with Crippen LogP contribution < -0.4 is 0 Å². The van der Waals surface area contributed by atoms with Crippen LogP contribution in [0.2, 0.25) is 0 Å². The first kappa shape index (κ1) is 12.1. The molecule has 0 amide bonds. The second-order valence-electron chi connectivity index (χ2n) is 4.11. The summed E-state index contributed by atoms with van der Waals surface area (Å²) in [7, 11) is 0. The van der Waals surface area contributed by atoms with Crippen LogP contribution in [0, 0.1) is 0 Å². The molecule has 0 spiro atoms. The molecule has 0 saturated carbocycles. The van der Waals surface area contributed by atoms with Crippen LogP contribution in [0.1, 0.15) is 30.5 Å². The van der Waals surface area contributed by atoms with Gasteiger partial charge in [0.05, 0.1) is 0 Å². The molecule has 1 atom stereocenters. The summed E-state index contributed by atoms with van der Waals surface area (Å²) in [5.41, 5.74) is 2.22. The lowest BCUT2D eigenvalue weighted by Gasteiger charge is -2.16. The number of benzene rings is 1. The molecule has 1 heterocycles.